The minimum Gasteiger partial charge on any atom is -0.316 e. The quantitative estimate of drug-likeness (QED) is 0.767. The van der Waals surface area contributed by atoms with Crippen molar-refractivity contribution in [2.24, 2.45) is 16.2 Å². The molecule has 1 nitrogen and oxygen atoms in total. The van der Waals surface area contributed by atoms with Crippen LogP contribution in [0, 0.1) is 16.2 Å². The van der Waals surface area contributed by atoms with E-state index >= 15 is 0 Å². The molecule has 1 aromatic rings. The molecule has 0 amide bonds. The van der Waals surface area contributed by atoms with Crippen molar-refractivity contribution < 1.29 is 0 Å². The van der Waals surface area contributed by atoms with Gasteiger partial charge in [-0.2, -0.15) is 0 Å². The maximum absolute atomic E-state index is 3.66. The Balaban J connectivity index is 1.99. The lowest BCUT2D eigenvalue weighted by Crippen LogP contribution is -2.51. The average Bonchev–Trinajstić information content (AvgIpc) is 2.36. The molecular formula is C20H31N. The smallest absolute Gasteiger partial charge is 0.00255 e. The van der Waals surface area contributed by atoms with Gasteiger partial charge in [-0.05, 0) is 54.0 Å². The predicted octanol–water partition coefficient (Wildman–Crippen LogP) is 4.99. The van der Waals surface area contributed by atoms with Crippen molar-refractivity contribution in [2.45, 2.75) is 59.3 Å². The summed E-state index contributed by atoms with van der Waals surface area (Å²) in [7, 11) is 0. The summed E-state index contributed by atoms with van der Waals surface area (Å²) in [6.45, 7) is 12.3. The van der Waals surface area contributed by atoms with Crippen LogP contribution in [0.2, 0.25) is 0 Å². The second kappa shape index (κ2) is 5.12. The molecular weight excluding hydrogens is 254 g/mol. The van der Waals surface area contributed by atoms with E-state index in [9.17, 15) is 0 Å². The molecule has 1 aliphatic heterocycles. The molecule has 1 aliphatic carbocycles. The first-order valence-electron chi connectivity index (χ1n) is 8.58. The molecule has 0 aromatic heterocycles. The number of piperidine rings is 1. The van der Waals surface area contributed by atoms with Crippen LogP contribution in [0.5, 0.6) is 0 Å². The summed E-state index contributed by atoms with van der Waals surface area (Å²) in [5, 5.41) is 3.66. The standard InChI is InChI=1S/C20H31N/c1-18(2)13-19(3,4)15-20(14-18)10-11-21-12-17(20)16-8-6-5-7-9-16/h5-9,17,21H,10-15H2,1-4H3. The summed E-state index contributed by atoms with van der Waals surface area (Å²) in [6.07, 6.45) is 5.45. The molecule has 1 saturated heterocycles. The van der Waals surface area contributed by atoms with Crippen molar-refractivity contribution in [3.8, 4) is 0 Å². The van der Waals surface area contributed by atoms with Crippen molar-refractivity contribution >= 4 is 0 Å². The molecule has 0 radical (unpaired) electrons. The second-order valence-corrected chi connectivity index (χ2v) is 9.14. The van der Waals surface area contributed by atoms with E-state index in [-0.39, 0.29) is 0 Å². The highest BCUT2D eigenvalue weighted by Crippen LogP contribution is 2.61. The molecule has 116 valence electrons. The molecule has 1 heterocycles. The zero-order chi connectivity index (χ0) is 15.1. The SMILES string of the molecule is CC1(C)CC(C)(C)CC2(CCNCC2c2ccccc2)C1. The van der Waals surface area contributed by atoms with E-state index in [0.717, 1.165) is 6.54 Å². The van der Waals surface area contributed by atoms with Crippen LogP contribution < -0.4 is 5.32 Å². The lowest BCUT2D eigenvalue weighted by atomic mass is 9.49. The summed E-state index contributed by atoms with van der Waals surface area (Å²) in [5.41, 5.74) is 2.95. The molecule has 3 rings (SSSR count). The molecule has 1 unspecified atom stereocenters. The molecule has 1 saturated carbocycles. The third-order valence-corrected chi connectivity index (χ3v) is 5.71. The predicted molar refractivity (Wildman–Crippen MR) is 90.5 cm³/mol. The second-order valence-electron chi connectivity index (χ2n) is 9.14. The number of hydrogen-bond acceptors (Lipinski definition) is 1. The first-order valence-corrected chi connectivity index (χ1v) is 8.58. The van der Waals surface area contributed by atoms with Crippen LogP contribution in [-0.2, 0) is 0 Å². The van der Waals surface area contributed by atoms with Gasteiger partial charge in [0.1, 0.15) is 0 Å². The molecule has 2 aliphatic rings. The monoisotopic (exact) mass is 285 g/mol. The van der Waals surface area contributed by atoms with Gasteiger partial charge in [0, 0.05) is 12.5 Å². The number of benzene rings is 1. The minimum absolute atomic E-state index is 0.464. The van der Waals surface area contributed by atoms with E-state index in [2.05, 4.69) is 63.3 Å². The van der Waals surface area contributed by atoms with Gasteiger partial charge in [-0.1, -0.05) is 58.0 Å². The average molecular weight is 285 g/mol. The third kappa shape index (κ3) is 3.04. The summed E-state index contributed by atoms with van der Waals surface area (Å²) in [4.78, 5) is 0. The van der Waals surface area contributed by atoms with Crippen molar-refractivity contribution in [1.82, 2.24) is 5.32 Å². The van der Waals surface area contributed by atoms with Crippen LogP contribution in [-0.4, -0.2) is 13.1 Å². The molecule has 21 heavy (non-hydrogen) atoms. The molecule has 2 fully saturated rings. The number of rotatable bonds is 1. The minimum atomic E-state index is 0.464. The van der Waals surface area contributed by atoms with E-state index in [1.54, 1.807) is 5.56 Å². The van der Waals surface area contributed by atoms with E-state index in [4.69, 9.17) is 0 Å². The zero-order valence-corrected chi connectivity index (χ0v) is 14.2. The highest BCUT2D eigenvalue weighted by atomic mass is 14.9. The van der Waals surface area contributed by atoms with Gasteiger partial charge >= 0.3 is 0 Å². The van der Waals surface area contributed by atoms with Crippen molar-refractivity contribution in [3.05, 3.63) is 35.9 Å². The Hall–Kier alpha value is -0.820. The Morgan fingerprint density at radius 1 is 0.905 bits per heavy atom. The normalized spacial score (nSPS) is 30.2. The van der Waals surface area contributed by atoms with Crippen LogP contribution in [0.1, 0.15) is 64.9 Å². The lowest BCUT2D eigenvalue weighted by Gasteiger charge is -2.57. The molecule has 1 aromatic carbocycles. The van der Waals surface area contributed by atoms with Gasteiger partial charge in [0.2, 0.25) is 0 Å². The highest BCUT2D eigenvalue weighted by molar-refractivity contribution is 5.25. The maximum Gasteiger partial charge on any atom is 0.00255 e. The fraction of sp³-hybridized carbons (Fsp3) is 0.700. The maximum atomic E-state index is 3.66. The Labute approximate surface area is 130 Å². The Morgan fingerprint density at radius 2 is 1.52 bits per heavy atom. The Bertz CT molecular complexity index is 470. The topological polar surface area (TPSA) is 12.0 Å². The first-order chi connectivity index (χ1) is 9.82. The molecule has 1 heteroatoms. The third-order valence-electron chi connectivity index (χ3n) is 5.71. The Morgan fingerprint density at radius 3 is 2.14 bits per heavy atom. The summed E-state index contributed by atoms with van der Waals surface area (Å²) in [6, 6.07) is 11.2. The largest absolute Gasteiger partial charge is 0.316 e. The first kappa shape index (κ1) is 15.1. The zero-order valence-electron chi connectivity index (χ0n) is 14.2. The van der Waals surface area contributed by atoms with Crippen LogP contribution in [0.25, 0.3) is 0 Å². The van der Waals surface area contributed by atoms with E-state index < -0.39 is 0 Å². The van der Waals surface area contributed by atoms with Crippen molar-refractivity contribution in [2.75, 3.05) is 13.1 Å². The van der Waals surface area contributed by atoms with Crippen LogP contribution in [0.3, 0.4) is 0 Å². The molecule has 1 spiro atoms. The van der Waals surface area contributed by atoms with Gasteiger partial charge in [-0.25, -0.2) is 0 Å². The fourth-order valence-electron chi connectivity index (χ4n) is 5.94. The number of nitrogens with one attached hydrogen (secondary N) is 1. The molecule has 1 atom stereocenters. The fourth-order valence-corrected chi connectivity index (χ4v) is 5.94. The van der Waals surface area contributed by atoms with Gasteiger partial charge in [-0.15, -0.1) is 0 Å². The van der Waals surface area contributed by atoms with Crippen LogP contribution in [0.15, 0.2) is 30.3 Å². The van der Waals surface area contributed by atoms with Crippen LogP contribution in [0.4, 0.5) is 0 Å². The van der Waals surface area contributed by atoms with Crippen molar-refractivity contribution in [3.63, 3.8) is 0 Å². The highest BCUT2D eigenvalue weighted by Gasteiger charge is 2.51. The molecule has 1 N–H and O–H groups in total. The van der Waals surface area contributed by atoms with E-state index in [1.807, 2.05) is 0 Å². The van der Waals surface area contributed by atoms with Gasteiger partial charge in [0.15, 0.2) is 0 Å². The van der Waals surface area contributed by atoms with E-state index in [1.165, 1.54) is 32.2 Å². The number of hydrogen-bond donors (Lipinski definition) is 1. The van der Waals surface area contributed by atoms with Gasteiger partial charge in [0.25, 0.3) is 0 Å². The van der Waals surface area contributed by atoms with Crippen LogP contribution >= 0.6 is 0 Å². The Kier molecular flexibility index (Phi) is 3.68. The van der Waals surface area contributed by atoms with Crippen molar-refractivity contribution in [1.29, 1.82) is 0 Å². The summed E-state index contributed by atoms with van der Waals surface area (Å²) < 4.78 is 0. The van der Waals surface area contributed by atoms with E-state index in [0.29, 0.717) is 22.2 Å². The molecule has 0 bridgehead atoms. The van der Waals surface area contributed by atoms with Gasteiger partial charge < -0.3 is 5.32 Å². The van der Waals surface area contributed by atoms with Gasteiger partial charge in [0.05, 0.1) is 0 Å². The van der Waals surface area contributed by atoms with Gasteiger partial charge in [-0.3, -0.25) is 0 Å². The lowest BCUT2D eigenvalue weighted by molar-refractivity contribution is -0.0347. The summed E-state index contributed by atoms with van der Waals surface area (Å²) in [5.74, 6) is 0.672. The summed E-state index contributed by atoms with van der Waals surface area (Å²) >= 11 is 0.